The summed E-state index contributed by atoms with van der Waals surface area (Å²) in [5.74, 6) is 2.48. The zero-order chi connectivity index (χ0) is 24.3. The number of hydrogen-bond acceptors (Lipinski definition) is 7. The average Bonchev–Trinajstić information content (AvgIpc) is 3.12. The number of nitrogens with zero attached hydrogens (tertiary/aromatic N) is 3. The van der Waals surface area contributed by atoms with Gasteiger partial charge in [0, 0.05) is 43.2 Å². The molecule has 0 radical (unpaired) electrons. The van der Waals surface area contributed by atoms with Gasteiger partial charge in [0.15, 0.2) is 17.3 Å². The zero-order valence-corrected chi connectivity index (χ0v) is 20.0. The minimum Gasteiger partial charge on any atom is -0.486 e. The molecule has 1 aromatic heterocycles. The summed E-state index contributed by atoms with van der Waals surface area (Å²) in [5.41, 5.74) is 1.57. The first-order valence-corrected chi connectivity index (χ1v) is 13.2. The van der Waals surface area contributed by atoms with Gasteiger partial charge in [-0.2, -0.15) is 0 Å². The molecule has 0 bridgehead atoms. The monoisotopic (exact) mass is 497 g/mol. The van der Waals surface area contributed by atoms with Crippen molar-refractivity contribution in [2.45, 2.75) is 43.5 Å². The number of aryl methyl sites for hydroxylation is 1. The molecule has 0 saturated heterocycles. The number of hydrogen-bond donors (Lipinski definition) is 2. The van der Waals surface area contributed by atoms with E-state index >= 15 is 0 Å². The highest BCUT2D eigenvalue weighted by Crippen LogP contribution is 2.32. The zero-order valence-electron chi connectivity index (χ0n) is 19.2. The Kier molecular flexibility index (Phi) is 6.69. The van der Waals surface area contributed by atoms with Crippen LogP contribution in [0, 0.1) is 0 Å². The third kappa shape index (κ3) is 5.30. The van der Waals surface area contributed by atoms with Gasteiger partial charge >= 0.3 is 0 Å². The number of benzene rings is 2. The fraction of sp³-hybridized carbons (Fsp3) is 0.375. The van der Waals surface area contributed by atoms with E-state index in [2.05, 4.69) is 24.8 Å². The standard InChI is InChI=1S/C24H27N5O5S/c30-23(11-12-25-35(31,32)19-9-10-20-21(16-19)34-15-14-33-20)26-18-7-5-17(6-8-18)24-28-27-22-4-2-1-3-13-29(22)24/h5-10,16,25H,1-4,11-15H2,(H,26,30). The largest absolute Gasteiger partial charge is 0.486 e. The lowest BCUT2D eigenvalue weighted by Gasteiger charge is -2.18. The van der Waals surface area contributed by atoms with E-state index in [-0.39, 0.29) is 23.8 Å². The summed E-state index contributed by atoms with van der Waals surface area (Å²) in [6.07, 6.45) is 4.38. The van der Waals surface area contributed by atoms with Crippen LogP contribution in [0.5, 0.6) is 11.5 Å². The number of amides is 1. The minimum atomic E-state index is -3.78. The van der Waals surface area contributed by atoms with E-state index in [1.807, 2.05) is 24.3 Å². The molecule has 184 valence electrons. The summed E-state index contributed by atoms with van der Waals surface area (Å²) < 4.78 is 40.7. The average molecular weight is 498 g/mol. The van der Waals surface area contributed by atoms with Gasteiger partial charge in [0.1, 0.15) is 19.0 Å². The van der Waals surface area contributed by atoms with E-state index in [9.17, 15) is 13.2 Å². The second kappa shape index (κ2) is 10.0. The number of fused-ring (bicyclic) bond motifs is 2. The van der Waals surface area contributed by atoms with E-state index in [0.29, 0.717) is 30.4 Å². The van der Waals surface area contributed by atoms with Crippen LogP contribution in [0.4, 0.5) is 5.69 Å². The number of carbonyl (C=O) groups excluding carboxylic acids is 1. The molecule has 0 saturated carbocycles. The van der Waals surface area contributed by atoms with Gasteiger partial charge in [0.2, 0.25) is 15.9 Å². The molecule has 1 amide bonds. The van der Waals surface area contributed by atoms with Crippen molar-refractivity contribution < 1.29 is 22.7 Å². The summed E-state index contributed by atoms with van der Waals surface area (Å²) in [6, 6.07) is 11.9. The summed E-state index contributed by atoms with van der Waals surface area (Å²) in [6.45, 7) is 1.68. The van der Waals surface area contributed by atoms with Gasteiger partial charge in [-0.15, -0.1) is 10.2 Å². The molecule has 2 aliphatic heterocycles. The molecule has 0 atom stereocenters. The summed E-state index contributed by atoms with van der Waals surface area (Å²) in [7, 11) is -3.78. The topological polar surface area (TPSA) is 124 Å². The third-order valence-corrected chi connectivity index (χ3v) is 7.46. The van der Waals surface area contributed by atoms with Crippen molar-refractivity contribution in [2.24, 2.45) is 0 Å². The molecule has 3 heterocycles. The van der Waals surface area contributed by atoms with Gasteiger partial charge in [-0.05, 0) is 49.2 Å². The summed E-state index contributed by atoms with van der Waals surface area (Å²) in [4.78, 5) is 12.4. The predicted molar refractivity (Wildman–Crippen MR) is 129 cm³/mol. The first-order valence-electron chi connectivity index (χ1n) is 11.7. The molecule has 2 aliphatic rings. The van der Waals surface area contributed by atoms with Gasteiger partial charge < -0.3 is 19.4 Å². The molecule has 11 heteroatoms. The molecule has 0 fully saturated rings. The van der Waals surface area contributed by atoms with Crippen LogP contribution >= 0.6 is 0 Å². The Labute approximate surface area is 203 Å². The lowest BCUT2D eigenvalue weighted by atomic mass is 10.2. The first-order chi connectivity index (χ1) is 17.0. The van der Waals surface area contributed by atoms with Crippen molar-refractivity contribution in [1.29, 1.82) is 0 Å². The molecule has 0 aliphatic carbocycles. The van der Waals surface area contributed by atoms with Gasteiger partial charge in [0.05, 0.1) is 4.90 Å². The maximum absolute atomic E-state index is 12.6. The molecule has 2 N–H and O–H groups in total. The summed E-state index contributed by atoms with van der Waals surface area (Å²) in [5, 5.41) is 11.5. The Morgan fingerprint density at radius 1 is 0.971 bits per heavy atom. The van der Waals surface area contributed by atoms with Crippen LogP contribution in [0.1, 0.15) is 31.5 Å². The van der Waals surface area contributed by atoms with Crippen LogP contribution in [0.25, 0.3) is 11.4 Å². The van der Waals surface area contributed by atoms with E-state index in [1.165, 1.54) is 18.6 Å². The SMILES string of the molecule is O=C(CCNS(=O)(=O)c1ccc2c(c1)OCCO2)Nc1ccc(-c2nnc3n2CCCCC3)cc1. The van der Waals surface area contributed by atoms with Crippen molar-refractivity contribution >= 4 is 21.6 Å². The smallest absolute Gasteiger partial charge is 0.240 e. The lowest BCUT2D eigenvalue weighted by Crippen LogP contribution is -2.28. The van der Waals surface area contributed by atoms with Crippen molar-refractivity contribution in [2.75, 3.05) is 25.1 Å². The number of aromatic nitrogens is 3. The van der Waals surface area contributed by atoms with Crippen LogP contribution in [0.2, 0.25) is 0 Å². The molecule has 35 heavy (non-hydrogen) atoms. The fourth-order valence-corrected chi connectivity index (χ4v) is 5.24. The number of ether oxygens (including phenoxy) is 2. The highest BCUT2D eigenvalue weighted by molar-refractivity contribution is 7.89. The number of sulfonamides is 1. The molecular weight excluding hydrogens is 470 g/mol. The Morgan fingerprint density at radius 3 is 2.60 bits per heavy atom. The van der Waals surface area contributed by atoms with Gasteiger partial charge in [-0.25, -0.2) is 13.1 Å². The van der Waals surface area contributed by atoms with Crippen molar-refractivity contribution in [3.63, 3.8) is 0 Å². The highest BCUT2D eigenvalue weighted by Gasteiger charge is 2.20. The first kappa shape index (κ1) is 23.3. The second-order valence-corrected chi connectivity index (χ2v) is 10.2. The van der Waals surface area contributed by atoms with Crippen molar-refractivity contribution in [1.82, 2.24) is 19.5 Å². The molecule has 0 unspecified atom stereocenters. The van der Waals surface area contributed by atoms with E-state index in [0.717, 1.165) is 43.0 Å². The van der Waals surface area contributed by atoms with Crippen molar-refractivity contribution in [3.05, 3.63) is 48.3 Å². The number of rotatable bonds is 7. The Balaban J connectivity index is 1.15. The molecule has 5 rings (SSSR count). The molecule has 10 nitrogen and oxygen atoms in total. The van der Waals surface area contributed by atoms with Crippen LogP contribution in [0.15, 0.2) is 47.4 Å². The van der Waals surface area contributed by atoms with Crippen LogP contribution in [-0.4, -0.2) is 48.8 Å². The van der Waals surface area contributed by atoms with Crippen LogP contribution in [-0.2, 0) is 27.8 Å². The third-order valence-electron chi connectivity index (χ3n) is 6.00. The lowest BCUT2D eigenvalue weighted by molar-refractivity contribution is -0.116. The molecule has 3 aromatic rings. The van der Waals surface area contributed by atoms with E-state index in [4.69, 9.17) is 9.47 Å². The normalized spacial score (nSPS) is 15.2. The predicted octanol–water partition coefficient (Wildman–Crippen LogP) is 2.75. The van der Waals surface area contributed by atoms with Gasteiger partial charge in [-0.1, -0.05) is 6.42 Å². The maximum Gasteiger partial charge on any atom is 0.240 e. The van der Waals surface area contributed by atoms with E-state index < -0.39 is 10.0 Å². The number of anilines is 1. The van der Waals surface area contributed by atoms with Crippen molar-refractivity contribution in [3.8, 4) is 22.9 Å². The molecule has 2 aromatic carbocycles. The fourth-order valence-electron chi connectivity index (χ4n) is 4.20. The van der Waals surface area contributed by atoms with Crippen LogP contribution in [0.3, 0.4) is 0 Å². The highest BCUT2D eigenvalue weighted by atomic mass is 32.2. The van der Waals surface area contributed by atoms with Crippen LogP contribution < -0.4 is 19.5 Å². The Morgan fingerprint density at radius 2 is 1.77 bits per heavy atom. The van der Waals surface area contributed by atoms with Gasteiger partial charge in [-0.3, -0.25) is 4.79 Å². The Bertz CT molecular complexity index is 1320. The minimum absolute atomic E-state index is 0.0107. The molecular formula is C24H27N5O5S. The molecule has 0 spiro atoms. The Hall–Kier alpha value is -3.44. The number of nitrogens with one attached hydrogen (secondary N) is 2. The van der Waals surface area contributed by atoms with Gasteiger partial charge in [0.25, 0.3) is 0 Å². The summed E-state index contributed by atoms with van der Waals surface area (Å²) >= 11 is 0. The quantitative estimate of drug-likeness (QED) is 0.514. The second-order valence-electron chi connectivity index (χ2n) is 8.48. The van der Waals surface area contributed by atoms with E-state index in [1.54, 1.807) is 6.07 Å². The number of carbonyl (C=O) groups is 1. The maximum atomic E-state index is 12.6.